The van der Waals surface area contributed by atoms with Gasteiger partial charge in [-0.2, -0.15) is 11.8 Å². The molecule has 1 aliphatic rings. The lowest BCUT2D eigenvalue weighted by atomic mass is 10.2. The van der Waals surface area contributed by atoms with Crippen LogP contribution < -0.4 is 11.1 Å². The van der Waals surface area contributed by atoms with Crippen LogP contribution in [-0.4, -0.2) is 17.5 Å². The molecule has 5 heteroatoms. The molecule has 2 unspecified atom stereocenters. The Hall–Kier alpha value is -0.250. The van der Waals surface area contributed by atoms with Gasteiger partial charge >= 0.3 is 0 Å². The van der Waals surface area contributed by atoms with Gasteiger partial charge in [0.15, 0.2) is 0 Å². The van der Waals surface area contributed by atoms with E-state index in [-0.39, 0.29) is 0 Å². The minimum absolute atomic E-state index is 0.464. The van der Waals surface area contributed by atoms with Crippen LogP contribution in [0.15, 0.2) is 12.1 Å². The maximum Gasteiger partial charge on any atom is 0.0722 e. The summed E-state index contributed by atoms with van der Waals surface area (Å²) in [7, 11) is 0. The van der Waals surface area contributed by atoms with Gasteiger partial charge in [0.1, 0.15) is 0 Å². The van der Waals surface area contributed by atoms with Crippen molar-refractivity contribution in [3.8, 4) is 0 Å². The third kappa shape index (κ3) is 3.15. The fourth-order valence-corrected chi connectivity index (χ4v) is 3.63. The van der Waals surface area contributed by atoms with Crippen molar-refractivity contribution >= 4 is 46.3 Å². The molecule has 0 aliphatic heterocycles. The average molecular weight is 291 g/mol. The number of nitrogens with one attached hydrogen (secondary N) is 1. The van der Waals surface area contributed by atoms with E-state index >= 15 is 0 Å². The first kappa shape index (κ1) is 13.2. The summed E-state index contributed by atoms with van der Waals surface area (Å²) in [4.78, 5) is 0. The zero-order chi connectivity index (χ0) is 12.4. The summed E-state index contributed by atoms with van der Waals surface area (Å²) < 4.78 is 0. The predicted molar refractivity (Wildman–Crippen MR) is 79.4 cm³/mol. The van der Waals surface area contributed by atoms with E-state index in [1.165, 1.54) is 12.8 Å². The Bertz CT molecular complexity index is 388. The fourth-order valence-electron chi connectivity index (χ4n) is 2.22. The number of hydrogen-bond acceptors (Lipinski definition) is 3. The standard InChI is InChI=1S/C12H16Cl2N2S/c1-17-9-3-2-8(6-9)16-12-10(13)4-7(15)5-11(12)14/h4-5,8-9,16H,2-3,6,15H2,1H3. The van der Waals surface area contributed by atoms with Gasteiger partial charge < -0.3 is 11.1 Å². The van der Waals surface area contributed by atoms with Crippen LogP contribution in [0.2, 0.25) is 10.0 Å². The first-order chi connectivity index (χ1) is 8.10. The first-order valence-corrected chi connectivity index (χ1v) is 7.68. The van der Waals surface area contributed by atoms with Crippen LogP contribution in [0.5, 0.6) is 0 Å². The summed E-state index contributed by atoms with van der Waals surface area (Å²) in [6, 6.07) is 3.93. The number of nitrogen functional groups attached to an aromatic ring is 1. The van der Waals surface area contributed by atoms with Crippen LogP contribution in [0.4, 0.5) is 11.4 Å². The van der Waals surface area contributed by atoms with Gasteiger partial charge in [-0.3, -0.25) is 0 Å². The molecule has 0 heterocycles. The van der Waals surface area contributed by atoms with E-state index in [4.69, 9.17) is 28.9 Å². The second-order valence-corrected chi connectivity index (χ2v) is 6.32. The number of hydrogen-bond donors (Lipinski definition) is 2. The molecule has 1 fully saturated rings. The average Bonchev–Trinajstić information content (AvgIpc) is 2.71. The second kappa shape index (κ2) is 5.59. The van der Waals surface area contributed by atoms with Gasteiger partial charge in [0.25, 0.3) is 0 Å². The molecule has 1 aliphatic carbocycles. The summed E-state index contributed by atoms with van der Waals surface area (Å²) in [5.41, 5.74) is 7.09. The molecular weight excluding hydrogens is 275 g/mol. The van der Waals surface area contributed by atoms with Gasteiger partial charge in [0.2, 0.25) is 0 Å². The van der Waals surface area contributed by atoms with E-state index in [0.717, 1.165) is 17.4 Å². The number of anilines is 2. The van der Waals surface area contributed by atoms with Crippen molar-refractivity contribution in [3.63, 3.8) is 0 Å². The minimum Gasteiger partial charge on any atom is -0.399 e. The number of thioether (sulfide) groups is 1. The maximum atomic E-state index is 6.15. The molecule has 3 N–H and O–H groups in total. The quantitative estimate of drug-likeness (QED) is 0.817. The van der Waals surface area contributed by atoms with Crippen LogP contribution >= 0.6 is 35.0 Å². The van der Waals surface area contributed by atoms with E-state index in [2.05, 4.69) is 11.6 Å². The second-order valence-electron chi connectivity index (χ2n) is 4.37. The van der Waals surface area contributed by atoms with Gasteiger partial charge in [-0.05, 0) is 37.7 Å². The number of halogens is 2. The number of rotatable bonds is 3. The highest BCUT2D eigenvalue weighted by Gasteiger charge is 2.24. The molecule has 1 aromatic rings. The Kier molecular flexibility index (Phi) is 4.34. The summed E-state index contributed by atoms with van der Waals surface area (Å²) in [5, 5.41) is 5.38. The number of benzene rings is 1. The van der Waals surface area contributed by atoms with Crippen molar-refractivity contribution in [3.05, 3.63) is 22.2 Å². The van der Waals surface area contributed by atoms with Gasteiger partial charge in [0, 0.05) is 17.0 Å². The highest BCUT2D eigenvalue weighted by Crippen LogP contribution is 2.36. The third-order valence-electron chi connectivity index (χ3n) is 3.13. The highest BCUT2D eigenvalue weighted by molar-refractivity contribution is 7.99. The topological polar surface area (TPSA) is 38.0 Å². The Morgan fingerprint density at radius 2 is 1.94 bits per heavy atom. The van der Waals surface area contributed by atoms with Crippen LogP contribution in [0.3, 0.4) is 0 Å². The Morgan fingerprint density at radius 1 is 1.29 bits per heavy atom. The van der Waals surface area contributed by atoms with Crippen LogP contribution in [0.25, 0.3) is 0 Å². The fraction of sp³-hybridized carbons (Fsp3) is 0.500. The van der Waals surface area contributed by atoms with E-state index < -0.39 is 0 Å². The molecule has 2 rings (SSSR count). The first-order valence-electron chi connectivity index (χ1n) is 5.64. The molecule has 0 amide bonds. The van der Waals surface area contributed by atoms with E-state index in [1.807, 2.05) is 11.8 Å². The molecule has 2 nitrogen and oxygen atoms in total. The third-order valence-corrected chi connectivity index (χ3v) is 4.82. The largest absolute Gasteiger partial charge is 0.399 e. The van der Waals surface area contributed by atoms with Crippen molar-refractivity contribution in [2.75, 3.05) is 17.3 Å². The maximum absolute atomic E-state index is 6.15. The zero-order valence-electron chi connectivity index (χ0n) is 9.67. The Labute approximate surface area is 116 Å². The lowest BCUT2D eigenvalue weighted by Crippen LogP contribution is -2.16. The highest BCUT2D eigenvalue weighted by atomic mass is 35.5. The van der Waals surface area contributed by atoms with Crippen molar-refractivity contribution in [2.24, 2.45) is 0 Å². The number of nitrogens with two attached hydrogens (primary N) is 1. The van der Waals surface area contributed by atoms with E-state index in [0.29, 0.717) is 21.8 Å². The molecule has 0 aromatic heterocycles. The predicted octanol–water partition coefficient (Wildman–Crippen LogP) is 4.27. The molecule has 0 spiro atoms. The molecule has 17 heavy (non-hydrogen) atoms. The Balaban J connectivity index is 2.09. The molecule has 0 radical (unpaired) electrons. The van der Waals surface area contributed by atoms with Crippen LogP contribution in [0.1, 0.15) is 19.3 Å². The summed E-state index contributed by atoms with van der Waals surface area (Å²) in [5.74, 6) is 0. The molecular formula is C12H16Cl2N2S. The van der Waals surface area contributed by atoms with Crippen LogP contribution in [0, 0.1) is 0 Å². The molecule has 0 saturated heterocycles. The lowest BCUT2D eigenvalue weighted by Gasteiger charge is -2.17. The molecule has 1 saturated carbocycles. The van der Waals surface area contributed by atoms with Crippen molar-refractivity contribution in [1.82, 2.24) is 0 Å². The smallest absolute Gasteiger partial charge is 0.0722 e. The van der Waals surface area contributed by atoms with Crippen molar-refractivity contribution in [2.45, 2.75) is 30.6 Å². The van der Waals surface area contributed by atoms with Crippen molar-refractivity contribution < 1.29 is 0 Å². The molecule has 2 atom stereocenters. The van der Waals surface area contributed by atoms with Gasteiger partial charge in [-0.15, -0.1) is 0 Å². The van der Waals surface area contributed by atoms with Crippen LogP contribution in [-0.2, 0) is 0 Å². The normalized spacial score (nSPS) is 23.9. The SMILES string of the molecule is CSC1CCC(Nc2c(Cl)cc(N)cc2Cl)C1. The summed E-state index contributed by atoms with van der Waals surface area (Å²) in [6.45, 7) is 0. The van der Waals surface area contributed by atoms with Gasteiger partial charge in [0.05, 0.1) is 15.7 Å². The zero-order valence-corrected chi connectivity index (χ0v) is 12.0. The molecule has 1 aromatic carbocycles. The summed E-state index contributed by atoms with van der Waals surface area (Å²) >= 11 is 14.2. The summed E-state index contributed by atoms with van der Waals surface area (Å²) in [6.07, 6.45) is 5.75. The minimum atomic E-state index is 0.464. The monoisotopic (exact) mass is 290 g/mol. The van der Waals surface area contributed by atoms with E-state index in [9.17, 15) is 0 Å². The molecule has 94 valence electrons. The van der Waals surface area contributed by atoms with E-state index in [1.54, 1.807) is 12.1 Å². The van der Waals surface area contributed by atoms with Gasteiger partial charge in [-0.25, -0.2) is 0 Å². The van der Waals surface area contributed by atoms with Crippen molar-refractivity contribution in [1.29, 1.82) is 0 Å². The molecule has 0 bridgehead atoms. The lowest BCUT2D eigenvalue weighted by molar-refractivity contribution is 0.757. The van der Waals surface area contributed by atoms with Gasteiger partial charge in [-0.1, -0.05) is 23.2 Å². The Morgan fingerprint density at radius 3 is 2.47 bits per heavy atom.